The molecule has 0 aromatic carbocycles. The summed E-state index contributed by atoms with van der Waals surface area (Å²) in [5.74, 6) is 2.46. The molecule has 0 aliphatic heterocycles. The van der Waals surface area contributed by atoms with Gasteiger partial charge in [-0.05, 0) is 39.5 Å². The van der Waals surface area contributed by atoms with Crippen LogP contribution in [0.3, 0.4) is 0 Å². The van der Waals surface area contributed by atoms with E-state index in [0.717, 1.165) is 24.4 Å². The summed E-state index contributed by atoms with van der Waals surface area (Å²) in [5, 5.41) is 3.42. The molecular formula is C15H20N4O. The van der Waals surface area contributed by atoms with Gasteiger partial charge in [-0.2, -0.15) is 0 Å². The number of fused-ring (bicyclic) bond motifs is 1. The number of oxazole rings is 1. The molecule has 2 aromatic heterocycles. The van der Waals surface area contributed by atoms with Crippen molar-refractivity contribution in [2.45, 2.75) is 52.0 Å². The molecule has 1 N–H and O–H groups in total. The van der Waals surface area contributed by atoms with Crippen LogP contribution in [0.5, 0.6) is 0 Å². The standard InChI is InChI=1S/C15H20N4O/c1-10-8-16-15(20-10)11(2)19-14-12-6-4-3-5-7-13(12)17-9-18-14/h8-9,11H,3-7H2,1-2H3,(H,17,18,19). The van der Waals surface area contributed by atoms with Crippen LogP contribution in [0, 0.1) is 6.92 Å². The highest BCUT2D eigenvalue weighted by molar-refractivity contribution is 5.47. The lowest BCUT2D eigenvalue weighted by Crippen LogP contribution is -2.12. The first kappa shape index (κ1) is 13.1. The van der Waals surface area contributed by atoms with Crippen molar-refractivity contribution in [1.82, 2.24) is 15.0 Å². The minimum absolute atomic E-state index is 0.00551. The van der Waals surface area contributed by atoms with Crippen molar-refractivity contribution < 1.29 is 4.42 Å². The average Bonchev–Trinajstić information content (AvgIpc) is 2.73. The minimum Gasteiger partial charge on any atom is -0.444 e. The molecule has 106 valence electrons. The Morgan fingerprint density at radius 1 is 1.15 bits per heavy atom. The van der Waals surface area contributed by atoms with Gasteiger partial charge in [0, 0.05) is 11.3 Å². The normalized spacial score (nSPS) is 16.3. The number of anilines is 1. The molecule has 0 saturated heterocycles. The van der Waals surface area contributed by atoms with Crippen LogP contribution < -0.4 is 5.32 Å². The highest BCUT2D eigenvalue weighted by atomic mass is 16.4. The molecule has 0 fully saturated rings. The summed E-state index contributed by atoms with van der Waals surface area (Å²) >= 11 is 0. The van der Waals surface area contributed by atoms with Gasteiger partial charge in [0.05, 0.1) is 6.20 Å². The Labute approximate surface area is 118 Å². The smallest absolute Gasteiger partial charge is 0.216 e. The van der Waals surface area contributed by atoms with Crippen LogP contribution in [0.25, 0.3) is 0 Å². The number of nitrogens with one attached hydrogen (secondary N) is 1. The molecule has 3 rings (SSSR count). The van der Waals surface area contributed by atoms with E-state index >= 15 is 0 Å². The molecule has 0 spiro atoms. The summed E-state index contributed by atoms with van der Waals surface area (Å²) in [6.07, 6.45) is 9.20. The van der Waals surface area contributed by atoms with Gasteiger partial charge in [0.2, 0.25) is 5.89 Å². The molecule has 2 heterocycles. The summed E-state index contributed by atoms with van der Waals surface area (Å²) in [7, 11) is 0. The van der Waals surface area contributed by atoms with E-state index in [9.17, 15) is 0 Å². The summed E-state index contributed by atoms with van der Waals surface area (Å²) in [5.41, 5.74) is 2.45. The SMILES string of the molecule is Cc1cnc(C(C)Nc2ncnc3c2CCCCC3)o1. The molecule has 20 heavy (non-hydrogen) atoms. The summed E-state index contributed by atoms with van der Waals surface area (Å²) < 4.78 is 5.57. The number of aromatic nitrogens is 3. The maximum Gasteiger partial charge on any atom is 0.216 e. The monoisotopic (exact) mass is 272 g/mol. The van der Waals surface area contributed by atoms with Crippen LogP contribution in [0.15, 0.2) is 16.9 Å². The topological polar surface area (TPSA) is 63.8 Å². The molecule has 1 aliphatic rings. The zero-order valence-electron chi connectivity index (χ0n) is 12.0. The van der Waals surface area contributed by atoms with Crippen molar-refractivity contribution in [3.8, 4) is 0 Å². The number of aryl methyl sites for hydroxylation is 2. The maximum atomic E-state index is 5.57. The van der Waals surface area contributed by atoms with Crippen molar-refractivity contribution in [3.05, 3.63) is 35.4 Å². The van der Waals surface area contributed by atoms with E-state index in [1.807, 2.05) is 13.8 Å². The lowest BCUT2D eigenvalue weighted by Gasteiger charge is -2.15. The molecular weight excluding hydrogens is 252 g/mol. The van der Waals surface area contributed by atoms with Gasteiger partial charge >= 0.3 is 0 Å². The van der Waals surface area contributed by atoms with Crippen LogP contribution in [-0.4, -0.2) is 15.0 Å². The second-order valence-electron chi connectivity index (χ2n) is 5.38. The lowest BCUT2D eigenvalue weighted by atomic mass is 10.1. The number of hydrogen-bond donors (Lipinski definition) is 1. The number of nitrogens with zero attached hydrogens (tertiary/aromatic N) is 3. The van der Waals surface area contributed by atoms with Gasteiger partial charge in [-0.3, -0.25) is 0 Å². The Morgan fingerprint density at radius 2 is 2.00 bits per heavy atom. The molecule has 5 heteroatoms. The van der Waals surface area contributed by atoms with E-state index in [2.05, 4.69) is 20.3 Å². The Bertz CT molecular complexity index is 593. The molecule has 1 atom stereocenters. The van der Waals surface area contributed by atoms with Crippen molar-refractivity contribution in [2.24, 2.45) is 0 Å². The van der Waals surface area contributed by atoms with Gasteiger partial charge in [0.25, 0.3) is 0 Å². The van der Waals surface area contributed by atoms with E-state index < -0.39 is 0 Å². The maximum absolute atomic E-state index is 5.57. The first-order chi connectivity index (χ1) is 9.74. The van der Waals surface area contributed by atoms with Crippen molar-refractivity contribution in [3.63, 3.8) is 0 Å². The Hall–Kier alpha value is -1.91. The number of rotatable bonds is 3. The lowest BCUT2D eigenvalue weighted by molar-refractivity contribution is 0.453. The Balaban J connectivity index is 1.84. The molecule has 0 bridgehead atoms. The van der Waals surface area contributed by atoms with E-state index in [-0.39, 0.29) is 6.04 Å². The Kier molecular flexibility index (Phi) is 3.67. The average molecular weight is 272 g/mol. The molecule has 5 nitrogen and oxygen atoms in total. The van der Waals surface area contributed by atoms with Crippen LogP contribution in [-0.2, 0) is 12.8 Å². The zero-order valence-corrected chi connectivity index (χ0v) is 12.0. The fourth-order valence-corrected chi connectivity index (χ4v) is 2.66. The van der Waals surface area contributed by atoms with Gasteiger partial charge in [-0.1, -0.05) is 6.42 Å². The van der Waals surface area contributed by atoms with Crippen LogP contribution >= 0.6 is 0 Å². The van der Waals surface area contributed by atoms with Crippen molar-refractivity contribution in [2.75, 3.05) is 5.32 Å². The third-order valence-electron chi connectivity index (χ3n) is 3.74. The van der Waals surface area contributed by atoms with Crippen molar-refractivity contribution in [1.29, 1.82) is 0 Å². The van der Waals surface area contributed by atoms with Crippen LogP contribution in [0.2, 0.25) is 0 Å². The molecule has 2 aromatic rings. The van der Waals surface area contributed by atoms with Crippen LogP contribution in [0.1, 0.15) is 55.1 Å². The predicted molar refractivity (Wildman–Crippen MR) is 76.6 cm³/mol. The largest absolute Gasteiger partial charge is 0.444 e. The summed E-state index contributed by atoms with van der Waals surface area (Å²) in [6, 6.07) is 0.00551. The first-order valence-electron chi connectivity index (χ1n) is 7.25. The van der Waals surface area contributed by atoms with Crippen molar-refractivity contribution >= 4 is 5.82 Å². The van der Waals surface area contributed by atoms with E-state index in [1.165, 1.54) is 30.5 Å². The summed E-state index contributed by atoms with van der Waals surface area (Å²) in [6.45, 7) is 3.94. The quantitative estimate of drug-likeness (QED) is 0.869. The fourth-order valence-electron chi connectivity index (χ4n) is 2.66. The highest BCUT2D eigenvalue weighted by Crippen LogP contribution is 2.26. The summed E-state index contributed by atoms with van der Waals surface area (Å²) in [4.78, 5) is 13.1. The van der Waals surface area contributed by atoms with Gasteiger partial charge in [0.1, 0.15) is 23.9 Å². The molecule has 1 aliphatic carbocycles. The molecule has 1 unspecified atom stereocenters. The number of hydrogen-bond acceptors (Lipinski definition) is 5. The van der Waals surface area contributed by atoms with Gasteiger partial charge in [-0.25, -0.2) is 15.0 Å². The van der Waals surface area contributed by atoms with Gasteiger partial charge in [-0.15, -0.1) is 0 Å². The third kappa shape index (κ3) is 2.66. The second kappa shape index (κ2) is 5.61. The van der Waals surface area contributed by atoms with Crippen LogP contribution in [0.4, 0.5) is 5.82 Å². The molecule has 0 radical (unpaired) electrons. The van der Waals surface area contributed by atoms with E-state index in [1.54, 1.807) is 12.5 Å². The fraction of sp³-hybridized carbons (Fsp3) is 0.533. The zero-order chi connectivity index (χ0) is 13.9. The molecule has 0 saturated carbocycles. The van der Waals surface area contributed by atoms with E-state index in [4.69, 9.17) is 4.42 Å². The second-order valence-corrected chi connectivity index (χ2v) is 5.38. The first-order valence-corrected chi connectivity index (χ1v) is 7.25. The minimum atomic E-state index is 0.00551. The van der Waals surface area contributed by atoms with E-state index in [0.29, 0.717) is 5.89 Å². The molecule has 0 amide bonds. The third-order valence-corrected chi connectivity index (χ3v) is 3.74. The Morgan fingerprint density at radius 3 is 2.80 bits per heavy atom. The van der Waals surface area contributed by atoms with Gasteiger partial charge < -0.3 is 9.73 Å². The van der Waals surface area contributed by atoms with Gasteiger partial charge in [0.15, 0.2) is 0 Å². The highest BCUT2D eigenvalue weighted by Gasteiger charge is 2.18. The predicted octanol–water partition coefficient (Wildman–Crippen LogP) is 3.22.